The molecule has 6 nitrogen and oxygen atoms in total. The lowest BCUT2D eigenvalue weighted by molar-refractivity contribution is -0.151. The topological polar surface area (TPSA) is 81.9 Å². The van der Waals surface area contributed by atoms with Crippen LogP contribution in [0.4, 0.5) is 0 Å². The first-order valence-electron chi connectivity index (χ1n) is 11.1. The highest BCUT2D eigenvalue weighted by atomic mass is 16.5. The minimum Gasteiger partial charge on any atom is -0.464 e. The Morgan fingerprint density at radius 3 is 2.25 bits per heavy atom. The Morgan fingerprint density at radius 1 is 0.969 bits per heavy atom. The summed E-state index contributed by atoms with van der Waals surface area (Å²) in [6.45, 7) is 4.08. The van der Waals surface area contributed by atoms with Gasteiger partial charge in [0.1, 0.15) is 0 Å². The number of nitrogens with two attached hydrogens (primary N) is 1. The molecule has 0 bridgehead atoms. The number of hydrogen-bond donors (Lipinski definition) is 1. The third-order valence-corrected chi connectivity index (χ3v) is 4.84. The Bertz CT molecular complexity index is 824. The van der Waals surface area contributed by atoms with Gasteiger partial charge in [-0.05, 0) is 37.3 Å². The van der Waals surface area contributed by atoms with Crippen LogP contribution >= 0.6 is 0 Å². The van der Waals surface area contributed by atoms with Crippen molar-refractivity contribution in [3.8, 4) is 0 Å². The van der Waals surface area contributed by atoms with Crippen molar-refractivity contribution in [2.45, 2.75) is 45.4 Å². The lowest BCUT2D eigenvalue weighted by Crippen LogP contribution is -2.48. The van der Waals surface area contributed by atoms with Crippen LogP contribution in [0.15, 0.2) is 72.8 Å². The maximum absolute atomic E-state index is 12.8. The van der Waals surface area contributed by atoms with E-state index >= 15 is 0 Å². The van der Waals surface area contributed by atoms with Gasteiger partial charge in [-0.15, -0.1) is 0 Å². The summed E-state index contributed by atoms with van der Waals surface area (Å²) in [6, 6.07) is 18.5. The van der Waals surface area contributed by atoms with Gasteiger partial charge in [-0.1, -0.05) is 72.8 Å². The fourth-order valence-corrected chi connectivity index (χ4v) is 3.13. The molecule has 32 heavy (non-hydrogen) atoms. The smallest absolute Gasteiger partial charge is 0.332 e. The van der Waals surface area contributed by atoms with Crippen molar-refractivity contribution in [2.24, 2.45) is 5.73 Å². The Labute approximate surface area is 191 Å². The second-order valence-electron chi connectivity index (χ2n) is 7.42. The molecule has 0 spiro atoms. The molecule has 2 rings (SSSR count). The molecule has 172 valence electrons. The predicted octanol–water partition coefficient (Wildman–Crippen LogP) is 3.85. The van der Waals surface area contributed by atoms with E-state index < -0.39 is 17.9 Å². The Morgan fingerprint density at radius 2 is 1.59 bits per heavy atom. The highest BCUT2D eigenvalue weighted by Gasteiger charge is 2.28. The van der Waals surface area contributed by atoms with Gasteiger partial charge in [-0.25, -0.2) is 4.79 Å². The average Bonchev–Trinajstić information content (AvgIpc) is 2.82. The molecule has 0 saturated carbocycles. The van der Waals surface area contributed by atoms with Crippen molar-refractivity contribution in [2.75, 3.05) is 19.8 Å². The average molecular weight is 439 g/mol. The first-order chi connectivity index (χ1) is 15.6. The number of ether oxygens (including phenoxy) is 2. The quantitative estimate of drug-likeness (QED) is 0.210. The van der Waals surface area contributed by atoms with E-state index in [2.05, 4.69) is 24.3 Å². The van der Waals surface area contributed by atoms with Gasteiger partial charge >= 0.3 is 5.97 Å². The number of esters is 1. The number of rotatable bonds is 14. The summed E-state index contributed by atoms with van der Waals surface area (Å²) in [5.41, 5.74) is 8.00. The van der Waals surface area contributed by atoms with Crippen molar-refractivity contribution < 1.29 is 19.1 Å². The summed E-state index contributed by atoms with van der Waals surface area (Å²) in [7, 11) is 0. The van der Waals surface area contributed by atoms with E-state index in [0.717, 1.165) is 18.4 Å². The molecule has 0 heterocycles. The molecule has 2 N–H and O–H groups in total. The minimum absolute atomic E-state index is 0.191. The monoisotopic (exact) mass is 438 g/mol. The Hall–Kier alpha value is -2.96. The first kappa shape index (κ1) is 25.3. The third kappa shape index (κ3) is 9.45. The van der Waals surface area contributed by atoms with Gasteiger partial charge in [-0.3, -0.25) is 4.79 Å². The van der Waals surface area contributed by atoms with Crippen LogP contribution in [0.2, 0.25) is 0 Å². The van der Waals surface area contributed by atoms with Crippen LogP contribution in [0, 0.1) is 0 Å². The Balaban J connectivity index is 1.76. The van der Waals surface area contributed by atoms with E-state index in [1.807, 2.05) is 48.5 Å². The zero-order valence-electron chi connectivity index (χ0n) is 18.8. The molecule has 1 unspecified atom stereocenters. The van der Waals surface area contributed by atoms with Crippen molar-refractivity contribution >= 4 is 11.9 Å². The minimum atomic E-state index is -1.30. The molecule has 1 atom stereocenters. The van der Waals surface area contributed by atoms with E-state index in [-0.39, 0.29) is 6.61 Å². The van der Waals surface area contributed by atoms with Crippen LogP contribution in [0.3, 0.4) is 0 Å². The number of hydrogen-bond acceptors (Lipinski definition) is 5. The lowest BCUT2D eigenvalue weighted by Gasteiger charge is -2.24. The third-order valence-electron chi connectivity index (χ3n) is 4.84. The molecule has 6 heteroatoms. The summed E-state index contributed by atoms with van der Waals surface area (Å²) in [6.07, 6.45) is 6.67. The number of allylic oxidation sites excluding steroid dienone is 1. The van der Waals surface area contributed by atoms with Gasteiger partial charge in [0.2, 0.25) is 0 Å². The van der Waals surface area contributed by atoms with Crippen LogP contribution < -0.4 is 5.73 Å². The van der Waals surface area contributed by atoms with E-state index in [4.69, 9.17) is 15.2 Å². The van der Waals surface area contributed by atoms with Gasteiger partial charge in [0, 0.05) is 19.7 Å². The number of nitrogens with zero attached hydrogens (tertiary/aromatic N) is 1. The number of carbonyl (C=O) groups excluding carboxylic acids is 2. The van der Waals surface area contributed by atoms with Crippen LogP contribution in [-0.4, -0.2) is 42.6 Å². The fourth-order valence-electron chi connectivity index (χ4n) is 3.13. The second-order valence-corrected chi connectivity index (χ2v) is 7.42. The summed E-state index contributed by atoms with van der Waals surface area (Å²) in [5.74, 6) is -1.11. The Kier molecular flexibility index (Phi) is 11.8. The van der Waals surface area contributed by atoms with E-state index in [0.29, 0.717) is 32.7 Å². The molecule has 0 aliphatic rings. The number of carbonyl (C=O) groups is 2. The van der Waals surface area contributed by atoms with Crippen LogP contribution in [0.5, 0.6) is 0 Å². The van der Waals surface area contributed by atoms with E-state index in [1.165, 1.54) is 5.56 Å². The molecule has 2 aromatic rings. The molecule has 0 fully saturated rings. The number of unbranched alkanes of at least 4 members (excludes halogenated alkanes) is 1. The number of benzene rings is 2. The molecular weight excluding hydrogens is 404 g/mol. The first-order valence-corrected chi connectivity index (χ1v) is 11.1. The zero-order valence-corrected chi connectivity index (χ0v) is 18.8. The summed E-state index contributed by atoms with van der Waals surface area (Å²) < 4.78 is 10.6. The molecule has 0 aliphatic heterocycles. The maximum atomic E-state index is 12.8. The summed E-state index contributed by atoms with van der Waals surface area (Å²) in [5, 5.41) is 0. The highest BCUT2D eigenvalue weighted by Crippen LogP contribution is 2.08. The molecule has 0 radical (unpaired) electrons. The van der Waals surface area contributed by atoms with Crippen molar-refractivity contribution in [1.82, 2.24) is 4.90 Å². The van der Waals surface area contributed by atoms with Gasteiger partial charge in [0.05, 0.1) is 13.2 Å². The van der Waals surface area contributed by atoms with Crippen LogP contribution in [-0.2, 0) is 32.2 Å². The van der Waals surface area contributed by atoms with Crippen molar-refractivity contribution in [1.29, 1.82) is 0 Å². The fraction of sp³-hybridized carbons (Fsp3) is 0.385. The van der Waals surface area contributed by atoms with Crippen molar-refractivity contribution in [3.63, 3.8) is 0 Å². The van der Waals surface area contributed by atoms with E-state index in [1.54, 1.807) is 11.8 Å². The van der Waals surface area contributed by atoms with Crippen molar-refractivity contribution in [3.05, 3.63) is 83.9 Å². The van der Waals surface area contributed by atoms with E-state index in [9.17, 15) is 9.59 Å². The molecular formula is C26H34N2O4. The molecule has 2 aromatic carbocycles. The molecule has 1 amide bonds. The van der Waals surface area contributed by atoms with Gasteiger partial charge < -0.3 is 20.1 Å². The molecule has 0 saturated heterocycles. The zero-order chi connectivity index (χ0) is 23.0. The maximum Gasteiger partial charge on any atom is 0.332 e. The predicted molar refractivity (Wildman–Crippen MR) is 126 cm³/mol. The van der Waals surface area contributed by atoms with Crippen LogP contribution in [0.1, 0.15) is 37.3 Å². The van der Waals surface area contributed by atoms with Gasteiger partial charge in [0.15, 0.2) is 6.04 Å². The normalized spacial score (nSPS) is 11.9. The van der Waals surface area contributed by atoms with Crippen LogP contribution in [0.25, 0.3) is 0 Å². The highest BCUT2D eigenvalue weighted by molar-refractivity contribution is 6.01. The summed E-state index contributed by atoms with van der Waals surface area (Å²) in [4.78, 5) is 26.3. The largest absolute Gasteiger partial charge is 0.464 e. The lowest BCUT2D eigenvalue weighted by atomic mass is 10.1. The summed E-state index contributed by atoms with van der Waals surface area (Å²) >= 11 is 0. The molecule has 0 aliphatic carbocycles. The SMILES string of the molecule is CCOC(=O)C(N)C(=O)N(CC/C=C\CCCOCc1ccccc1)Cc1ccccc1. The standard InChI is InChI=1S/C26H34N2O4/c1-2-32-26(30)24(27)25(29)28(20-22-14-8-6-9-15-22)18-12-4-3-5-13-19-31-21-23-16-10-7-11-17-23/h3-4,6-11,14-17,24H,2,5,12-13,18-21,27H2,1H3/b4-3-. The molecule has 0 aromatic heterocycles. The van der Waals surface area contributed by atoms with Gasteiger partial charge in [0.25, 0.3) is 5.91 Å². The van der Waals surface area contributed by atoms with Gasteiger partial charge in [-0.2, -0.15) is 0 Å². The number of amides is 1. The second kappa shape index (κ2) is 14.9.